The number of amidine groups is 1. The van der Waals surface area contributed by atoms with E-state index in [4.69, 9.17) is 16.2 Å². The van der Waals surface area contributed by atoms with Crippen molar-refractivity contribution in [1.29, 1.82) is 0 Å². The van der Waals surface area contributed by atoms with Crippen LogP contribution in [0.5, 0.6) is 5.75 Å². The van der Waals surface area contributed by atoms with Gasteiger partial charge in [-0.15, -0.1) is 0 Å². The maximum absolute atomic E-state index is 14.2. The molecule has 0 fully saturated rings. The van der Waals surface area contributed by atoms with Crippen LogP contribution in [0.3, 0.4) is 0 Å². The van der Waals surface area contributed by atoms with Gasteiger partial charge < -0.3 is 15.8 Å². The maximum Gasteiger partial charge on any atom is 0.213 e. The highest BCUT2D eigenvalue weighted by Crippen LogP contribution is 2.25. The molecular weight excluding hydrogens is 309 g/mol. The first kappa shape index (κ1) is 18.2. The van der Waals surface area contributed by atoms with Gasteiger partial charge in [0.15, 0.2) is 11.6 Å². The summed E-state index contributed by atoms with van der Waals surface area (Å²) >= 11 is 0. The summed E-state index contributed by atoms with van der Waals surface area (Å²) in [5.41, 5.74) is 12.5. The standard InChI is InChI=1S/C17H26FN5O/c1-10-6-11(2)8-13(7-10)24-9-12(3)17(20)22-14(16(4,5)18)21-15(19)23-17/h6-8,12H,9,20H2,1-5H3,(H3,19,21,22,23). The Bertz CT molecular complexity index is 660. The van der Waals surface area contributed by atoms with Gasteiger partial charge in [0.2, 0.25) is 5.79 Å². The highest BCUT2D eigenvalue weighted by atomic mass is 19.1. The average molecular weight is 335 g/mol. The normalized spacial score (nSPS) is 22.3. The lowest BCUT2D eigenvalue weighted by atomic mass is 10.0. The van der Waals surface area contributed by atoms with Gasteiger partial charge in [0.05, 0.1) is 12.5 Å². The van der Waals surface area contributed by atoms with Crippen LogP contribution in [0.4, 0.5) is 4.39 Å². The second kappa shape index (κ2) is 6.39. The van der Waals surface area contributed by atoms with Crippen LogP contribution in [-0.2, 0) is 0 Å². The van der Waals surface area contributed by atoms with E-state index in [1.165, 1.54) is 13.8 Å². The minimum absolute atomic E-state index is 0.0477. The first-order chi connectivity index (χ1) is 11.0. The van der Waals surface area contributed by atoms with Crippen LogP contribution in [0.1, 0.15) is 31.9 Å². The van der Waals surface area contributed by atoms with Crippen molar-refractivity contribution in [2.45, 2.75) is 46.1 Å². The third kappa shape index (κ3) is 4.23. The number of rotatable bonds is 5. The van der Waals surface area contributed by atoms with Crippen LogP contribution in [0.15, 0.2) is 28.2 Å². The predicted octanol–water partition coefficient (Wildman–Crippen LogP) is 2.00. The summed E-state index contributed by atoms with van der Waals surface area (Å²) in [6.07, 6.45) is 0. The summed E-state index contributed by atoms with van der Waals surface area (Å²) in [6.45, 7) is 8.90. The molecule has 2 atom stereocenters. The third-order valence-electron chi connectivity index (χ3n) is 3.82. The molecule has 1 aromatic rings. The van der Waals surface area contributed by atoms with Crippen LogP contribution >= 0.6 is 0 Å². The Kier molecular flexibility index (Phi) is 4.85. The summed E-state index contributed by atoms with van der Waals surface area (Å²) in [4.78, 5) is 8.40. The number of aryl methyl sites for hydroxylation is 2. The molecule has 0 bridgehead atoms. The Hall–Kier alpha value is -2.15. The molecule has 1 heterocycles. The van der Waals surface area contributed by atoms with Gasteiger partial charge in [-0.25, -0.2) is 14.4 Å². The van der Waals surface area contributed by atoms with Gasteiger partial charge in [-0.2, -0.15) is 0 Å². The molecule has 0 amide bonds. The van der Waals surface area contributed by atoms with E-state index in [1.807, 2.05) is 32.9 Å². The molecule has 2 rings (SSSR count). The lowest BCUT2D eigenvalue weighted by Crippen LogP contribution is -2.57. The molecule has 0 spiro atoms. The molecule has 24 heavy (non-hydrogen) atoms. The Balaban J connectivity index is 2.16. The zero-order chi connectivity index (χ0) is 18.1. The first-order valence-electron chi connectivity index (χ1n) is 7.91. The smallest absolute Gasteiger partial charge is 0.213 e. The van der Waals surface area contributed by atoms with Gasteiger partial charge in [0, 0.05) is 0 Å². The molecule has 0 aromatic heterocycles. The molecule has 5 N–H and O–H groups in total. The van der Waals surface area contributed by atoms with E-state index in [-0.39, 0.29) is 24.3 Å². The van der Waals surface area contributed by atoms with Gasteiger partial charge in [-0.05, 0) is 51.0 Å². The van der Waals surface area contributed by atoms with Crippen molar-refractivity contribution in [3.05, 3.63) is 29.3 Å². The van der Waals surface area contributed by atoms with E-state index in [1.54, 1.807) is 0 Å². The van der Waals surface area contributed by atoms with Crippen LogP contribution < -0.4 is 21.5 Å². The fourth-order valence-corrected chi connectivity index (χ4v) is 2.44. The largest absolute Gasteiger partial charge is 0.493 e. The molecular formula is C17H26FN5O. The van der Waals surface area contributed by atoms with Gasteiger partial charge in [-0.3, -0.25) is 5.73 Å². The minimum Gasteiger partial charge on any atom is -0.493 e. The Morgan fingerprint density at radius 3 is 2.38 bits per heavy atom. The number of nitrogens with two attached hydrogens (primary N) is 2. The number of benzene rings is 1. The Morgan fingerprint density at radius 1 is 1.25 bits per heavy atom. The van der Waals surface area contributed by atoms with E-state index in [9.17, 15) is 4.39 Å². The minimum atomic E-state index is -1.70. The molecule has 0 aliphatic carbocycles. The van der Waals surface area contributed by atoms with Crippen molar-refractivity contribution in [2.24, 2.45) is 27.4 Å². The number of hydrogen-bond acceptors (Lipinski definition) is 6. The van der Waals surface area contributed by atoms with Crippen LogP contribution in [0.25, 0.3) is 0 Å². The van der Waals surface area contributed by atoms with Crippen LogP contribution in [-0.4, -0.2) is 29.9 Å². The van der Waals surface area contributed by atoms with Crippen molar-refractivity contribution in [3.63, 3.8) is 0 Å². The number of ether oxygens (including phenoxy) is 1. The fraction of sp³-hybridized carbons (Fsp3) is 0.529. The quantitative estimate of drug-likeness (QED) is 0.766. The van der Waals surface area contributed by atoms with E-state index >= 15 is 0 Å². The van der Waals surface area contributed by atoms with E-state index in [0.717, 1.165) is 16.9 Å². The zero-order valence-electron chi connectivity index (χ0n) is 14.9. The molecule has 6 nitrogen and oxygen atoms in total. The number of halogens is 1. The topological polar surface area (TPSA) is 98.0 Å². The van der Waals surface area contributed by atoms with Crippen LogP contribution in [0, 0.1) is 19.8 Å². The van der Waals surface area contributed by atoms with Gasteiger partial charge in [0.1, 0.15) is 11.6 Å². The second-order valence-electron chi connectivity index (χ2n) is 6.87. The van der Waals surface area contributed by atoms with Gasteiger partial charge in [0.25, 0.3) is 0 Å². The number of nitrogens with one attached hydrogen (secondary N) is 1. The lowest BCUT2D eigenvalue weighted by molar-refractivity contribution is 0.186. The van der Waals surface area contributed by atoms with Crippen molar-refractivity contribution < 1.29 is 9.13 Å². The Morgan fingerprint density at radius 2 is 1.83 bits per heavy atom. The van der Waals surface area contributed by atoms with E-state index in [2.05, 4.69) is 21.4 Å². The van der Waals surface area contributed by atoms with Crippen LogP contribution in [0.2, 0.25) is 0 Å². The fourth-order valence-electron chi connectivity index (χ4n) is 2.44. The molecule has 0 saturated heterocycles. The first-order valence-corrected chi connectivity index (χ1v) is 7.91. The average Bonchev–Trinajstić information content (AvgIpc) is 2.41. The molecule has 0 saturated carbocycles. The highest BCUT2D eigenvalue weighted by molar-refractivity contribution is 6.04. The second-order valence-corrected chi connectivity index (χ2v) is 6.87. The summed E-state index contributed by atoms with van der Waals surface area (Å²) in [5, 5.41) is 2.64. The molecule has 0 radical (unpaired) electrons. The maximum atomic E-state index is 14.2. The zero-order valence-corrected chi connectivity index (χ0v) is 14.9. The molecule has 1 aromatic carbocycles. The summed E-state index contributed by atoms with van der Waals surface area (Å²) in [7, 11) is 0. The van der Waals surface area contributed by atoms with Crippen molar-refractivity contribution >= 4 is 11.8 Å². The van der Waals surface area contributed by atoms with Crippen molar-refractivity contribution in [1.82, 2.24) is 5.32 Å². The predicted molar refractivity (Wildman–Crippen MR) is 94.9 cm³/mol. The Labute approximate surface area is 142 Å². The number of aliphatic imine (C=N–C) groups is 2. The molecule has 2 unspecified atom stereocenters. The molecule has 132 valence electrons. The van der Waals surface area contributed by atoms with Crippen molar-refractivity contribution in [3.8, 4) is 5.75 Å². The number of nitrogens with zero attached hydrogens (tertiary/aromatic N) is 2. The number of guanidine groups is 1. The third-order valence-corrected chi connectivity index (χ3v) is 3.82. The van der Waals surface area contributed by atoms with Crippen molar-refractivity contribution in [2.75, 3.05) is 6.61 Å². The summed E-state index contributed by atoms with van der Waals surface area (Å²) < 4.78 is 20.0. The monoisotopic (exact) mass is 335 g/mol. The molecule has 7 heteroatoms. The summed E-state index contributed by atoms with van der Waals surface area (Å²) in [6, 6.07) is 5.96. The highest BCUT2D eigenvalue weighted by Gasteiger charge is 2.39. The van der Waals surface area contributed by atoms with Gasteiger partial charge in [-0.1, -0.05) is 13.0 Å². The lowest BCUT2D eigenvalue weighted by Gasteiger charge is -2.34. The molecule has 1 aliphatic heterocycles. The van der Waals surface area contributed by atoms with E-state index < -0.39 is 11.5 Å². The number of alkyl halides is 1. The molecule has 1 aliphatic rings. The number of hydrogen-bond donors (Lipinski definition) is 3. The SMILES string of the molecule is Cc1cc(C)cc(OCC(C)C2(N)N=C(N)NC(C(C)(C)F)=N2)c1. The van der Waals surface area contributed by atoms with E-state index in [0.29, 0.717) is 0 Å². The summed E-state index contributed by atoms with van der Waals surface area (Å²) in [5.74, 6) is -0.810. The van der Waals surface area contributed by atoms with Gasteiger partial charge >= 0.3 is 0 Å².